The van der Waals surface area contributed by atoms with E-state index in [0.29, 0.717) is 12.8 Å². The number of hydrogen-bond acceptors (Lipinski definition) is 2. The van der Waals surface area contributed by atoms with Gasteiger partial charge in [-0.2, -0.15) is 0 Å². The number of benzene rings is 1. The van der Waals surface area contributed by atoms with Crippen molar-refractivity contribution in [3.05, 3.63) is 28.5 Å². The summed E-state index contributed by atoms with van der Waals surface area (Å²) < 4.78 is 13.8. The topological polar surface area (TPSA) is 46.2 Å². The summed E-state index contributed by atoms with van der Waals surface area (Å²) in [4.78, 5) is 0. The van der Waals surface area contributed by atoms with Crippen LogP contribution in [0.3, 0.4) is 0 Å². The van der Waals surface area contributed by atoms with Crippen LogP contribution in [-0.4, -0.2) is 5.11 Å². The number of phenolic OH excluding ortho intramolecular Hbond substituents is 1. The molecule has 1 saturated carbocycles. The number of phenols is 1. The molecule has 2 rings (SSSR count). The first-order chi connectivity index (χ1) is 7.04. The Kier molecular flexibility index (Phi) is 2.61. The first kappa shape index (κ1) is 10.7. The molecule has 0 bridgehead atoms. The van der Waals surface area contributed by atoms with Crippen LogP contribution in [0, 0.1) is 5.82 Å². The fourth-order valence-corrected chi connectivity index (χ4v) is 2.43. The van der Waals surface area contributed by atoms with Crippen molar-refractivity contribution in [1.29, 1.82) is 0 Å². The molecule has 0 unspecified atom stereocenters. The van der Waals surface area contributed by atoms with Crippen molar-refractivity contribution in [1.82, 2.24) is 0 Å². The van der Waals surface area contributed by atoms with Gasteiger partial charge in [-0.3, -0.25) is 0 Å². The van der Waals surface area contributed by atoms with Gasteiger partial charge in [-0.25, -0.2) is 4.39 Å². The summed E-state index contributed by atoms with van der Waals surface area (Å²) in [6.07, 6.45) is 3.30. The van der Waals surface area contributed by atoms with Crippen LogP contribution in [0.2, 0.25) is 5.02 Å². The third-order valence-corrected chi connectivity index (χ3v) is 3.36. The zero-order chi connectivity index (χ0) is 11.1. The van der Waals surface area contributed by atoms with Crippen LogP contribution in [0.15, 0.2) is 12.1 Å². The van der Waals surface area contributed by atoms with Gasteiger partial charge in [-0.15, -0.1) is 0 Å². The number of aromatic hydroxyl groups is 1. The minimum Gasteiger partial charge on any atom is -0.507 e. The molecule has 4 heteroatoms. The quantitative estimate of drug-likeness (QED) is 0.778. The second-order valence-electron chi connectivity index (χ2n) is 4.12. The van der Waals surface area contributed by atoms with E-state index in [-0.39, 0.29) is 16.3 Å². The van der Waals surface area contributed by atoms with E-state index in [1.54, 1.807) is 0 Å². The second-order valence-corrected chi connectivity index (χ2v) is 4.53. The lowest BCUT2D eigenvalue weighted by molar-refractivity contribution is 0.388. The van der Waals surface area contributed by atoms with E-state index in [4.69, 9.17) is 17.3 Å². The molecule has 0 aliphatic heterocycles. The van der Waals surface area contributed by atoms with Gasteiger partial charge < -0.3 is 10.8 Å². The predicted octanol–water partition coefficient (Wildman–Crippen LogP) is 2.91. The van der Waals surface area contributed by atoms with Crippen LogP contribution in [-0.2, 0) is 5.54 Å². The second kappa shape index (κ2) is 3.65. The van der Waals surface area contributed by atoms with E-state index in [2.05, 4.69) is 0 Å². The maximum absolute atomic E-state index is 13.8. The molecule has 2 nitrogen and oxygen atoms in total. The van der Waals surface area contributed by atoms with Crippen molar-refractivity contribution in [3.63, 3.8) is 0 Å². The molecule has 0 aromatic heterocycles. The largest absolute Gasteiger partial charge is 0.507 e. The van der Waals surface area contributed by atoms with E-state index in [9.17, 15) is 9.50 Å². The average molecular weight is 230 g/mol. The smallest absolute Gasteiger partial charge is 0.150 e. The highest BCUT2D eigenvalue weighted by atomic mass is 35.5. The summed E-state index contributed by atoms with van der Waals surface area (Å²) in [5.74, 6) is -0.678. The van der Waals surface area contributed by atoms with Crippen LogP contribution < -0.4 is 5.73 Å². The maximum Gasteiger partial charge on any atom is 0.150 e. The van der Waals surface area contributed by atoms with E-state index in [1.165, 1.54) is 12.1 Å². The van der Waals surface area contributed by atoms with Gasteiger partial charge in [0.1, 0.15) is 5.75 Å². The maximum atomic E-state index is 13.8. The highest BCUT2D eigenvalue weighted by Crippen LogP contribution is 2.42. The van der Waals surface area contributed by atoms with E-state index >= 15 is 0 Å². The molecule has 0 saturated heterocycles. The van der Waals surface area contributed by atoms with Crippen LogP contribution in [0.5, 0.6) is 5.75 Å². The van der Waals surface area contributed by atoms with Crippen molar-refractivity contribution >= 4 is 11.6 Å². The van der Waals surface area contributed by atoms with Crippen molar-refractivity contribution < 1.29 is 9.50 Å². The Bertz CT molecular complexity index is 388. The Morgan fingerprint density at radius 3 is 2.53 bits per heavy atom. The fraction of sp³-hybridized carbons (Fsp3) is 0.455. The molecule has 0 spiro atoms. The lowest BCUT2D eigenvalue weighted by atomic mass is 9.88. The van der Waals surface area contributed by atoms with Gasteiger partial charge in [0.15, 0.2) is 5.82 Å². The van der Waals surface area contributed by atoms with Crippen molar-refractivity contribution in [2.45, 2.75) is 31.2 Å². The molecule has 15 heavy (non-hydrogen) atoms. The molecule has 82 valence electrons. The van der Waals surface area contributed by atoms with E-state index in [0.717, 1.165) is 12.8 Å². The molecule has 3 N–H and O–H groups in total. The zero-order valence-electron chi connectivity index (χ0n) is 8.26. The van der Waals surface area contributed by atoms with Gasteiger partial charge in [0.2, 0.25) is 0 Å². The van der Waals surface area contributed by atoms with Crippen LogP contribution in [0.4, 0.5) is 4.39 Å². The number of hydrogen-bond donors (Lipinski definition) is 2. The summed E-state index contributed by atoms with van der Waals surface area (Å²) in [7, 11) is 0. The summed E-state index contributed by atoms with van der Waals surface area (Å²) in [5.41, 5.74) is 5.51. The molecule has 1 aliphatic carbocycles. The Labute approximate surface area is 92.9 Å². The first-order valence-electron chi connectivity index (χ1n) is 5.01. The molecule has 0 atom stereocenters. The van der Waals surface area contributed by atoms with Gasteiger partial charge >= 0.3 is 0 Å². The molecule has 0 heterocycles. The monoisotopic (exact) mass is 229 g/mol. The van der Waals surface area contributed by atoms with Gasteiger partial charge in [-0.05, 0) is 25.0 Å². The minimum atomic E-state index is -0.751. The lowest BCUT2D eigenvalue weighted by Gasteiger charge is -2.25. The molecular formula is C11H13ClFNO. The lowest BCUT2D eigenvalue weighted by Crippen LogP contribution is -2.34. The van der Waals surface area contributed by atoms with Crippen LogP contribution in [0.25, 0.3) is 0 Å². The van der Waals surface area contributed by atoms with Crippen molar-refractivity contribution in [3.8, 4) is 5.75 Å². The van der Waals surface area contributed by atoms with Crippen molar-refractivity contribution in [2.24, 2.45) is 5.73 Å². The number of rotatable bonds is 1. The zero-order valence-corrected chi connectivity index (χ0v) is 9.02. The summed E-state index contributed by atoms with van der Waals surface area (Å²) in [6, 6.07) is 2.74. The third-order valence-electron chi connectivity index (χ3n) is 3.07. The van der Waals surface area contributed by atoms with Crippen LogP contribution >= 0.6 is 11.6 Å². The van der Waals surface area contributed by atoms with Crippen LogP contribution in [0.1, 0.15) is 31.2 Å². The third kappa shape index (κ3) is 1.70. The Morgan fingerprint density at radius 2 is 1.93 bits per heavy atom. The predicted molar refractivity (Wildman–Crippen MR) is 57.4 cm³/mol. The Morgan fingerprint density at radius 1 is 1.33 bits per heavy atom. The van der Waals surface area contributed by atoms with Crippen molar-refractivity contribution in [2.75, 3.05) is 0 Å². The normalized spacial score (nSPS) is 19.4. The summed E-state index contributed by atoms with van der Waals surface area (Å²) >= 11 is 5.68. The fourth-order valence-electron chi connectivity index (χ4n) is 2.27. The highest BCUT2D eigenvalue weighted by molar-refractivity contribution is 6.30. The number of nitrogens with two attached hydrogens (primary N) is 1. The molecule has 1 fully saturated rings. The molecule has 1 aromatic carbocycles. The molecular weight excluding hydrogens is 217 g/mol. The molecule has 0 amide bonds. The average Bonchev–Trinajstić information content (AvgIpc) is 2.60. The first-order valence-corrected chi connectivity index (χ1v) is 5.39. The van der Waals surface area contributed by atoms with E-state index < -0.39 is 11.4 Å². The highest BCUT2D eigenvalue weighted by Gasteiger charge is 2.36. The molecule has 0 radical (unpaired) electrons. The summed E-state index contributed by atoms with van der Waals surface area (Å²) in [5, 5.41) is 9.68. The van der Waals surface area contributed by atoms with Gasteiger partial charge in [0, 0.05) is 5.54 Å². The Hall–Kier alpha value is -0.800. The summed E-state index contributed by atoms with van der Waals surface area (Å²) in [6.45, 7) is 0. The Balaban J connectivity index is 2.55. The SMILES string of the molecule is NC1(c2c(O)ccc(Cl)c2F)CCCC1. The van der Waals surface area contributed by atoms with Gasteiger partial charge in [-0.1, -0.05) is 24.4 Å². The standard InChI is InChI=1S/C11H13ClFNO/c12-7-3-4-8(15)9(10(7)13)11(14)5-1-2-6-11/h3-4,15H,1-2,5-6,14H2. The minimum absolute atomic E-state index is 0.0134. The van der Waals surface area contributed by atoms with E-state index in [1.807, 2.05) is 0 Å². The number of halogens is 2. The van der Waals surface area contributed by atoms with Gasteiger partial charge in [0.05, 0.1) is 10.6 Å². The molecule has 1 aromatic rings. The van der Waals surface area contributed by atoms with Gasteiger partial charge in [0.25, 0.3) is 0 Å². The molecule has 1 aliphatic rings.